The first kappa shape index (κ1) is 17.6. The molecule has 0 aliphatic carbocycles. The van der Waals surface area contributed by atoms with Gasteiger partial charge in [-0.3, -0.25) is 9.59 Å². The van der Waals surface area contributed by atoms with Crippen molar-refractivity contribution in [1.82, 2.24) is 0 Å². The number of Topliss-reactive ketones (excluding diaryl/α,β-unsaturated/α-hetero) is 1. The molecular weight excluding hydrogens is 269 g/mol. The van der Waals surface area contributed by atoms with Gasteiger partial charge in [-0.1, -0.05) is 13.8 Å². The van der Waals surface area contributed by atoms with Crippen LogP contribution in [0, 0.1) is 12.3 Å². The van der Waals surface area contributed by atoms with Crippen molar-refractivity contribution in [2.75, 3.05) is 0 Å². The Labute approximate surface area is 117 Å². The van der Waals surface area contributed by atoms with Crippen molar-refractivity contribution < 1.29 is 47.0 Å². The predicted octanol–water partition coefficient (Wildman–Crippen LogP) is 2.15. The molecule has 3 nitrogen and oxygen atoms in total. The Morgan fingerprint density at radius 3 is 2.27 bits per heavy atom. The number of ketones is 1. The molecule has 0 radical (unpaired) electrons. The molecule has 0 aliphatic rings. The number of carbonyl (C=O) groups is 2. The van der Waals surface area contributed by atoms with Crippen LogP contribution >= 0.6 is 0 Å². The van der Waals surface area contributed by atoms with Gasteiger partial charge in [-0.05, 0) is 13.3 Å². The van der Waals surface area contributed by atoms with Crippen LogP contribution in [-0.4, -0.2) is 17.9 Å². The molecule has 0 saturated heterocycles. The van der Waals surface area contributed by atoms with Crippen molar-refractivity contribution in [2.45, 2.75) is 46.6 Å². The first-order valence-electron chi connectivity index (χ1n) is 4.99. The number of ether oxygens (including phenoxy) is 1. The molecule has 0 aromatic heterocycles. The maximum Gasteiger partial charge on any atom is 3.00 e. The zero-order valence-corrected chi connectivity index (χ0v) is 12.8. The van der Waals surface area contributed by atoms with Crippen LogP contribution < -0.4 is 0 Å². The first-order chi connectivity index (χ1) is 6.51. The Kier molecular flexibility index (Phi) is 11.1. The van der Waals surface area contributed by atoms with Crippen LogP contribution in [0.4, 0.5) is 0 Å². The monoisotopic (exact) mass is 288 g/mol. The third kappa shape index (κ3) is 8.09. The van der Waals surface area contributed by atoms with Crippen LogP contribution in [-0.2, 0) is 47.0 Å². The Bertz CT molecular complexity index is 204. The van der Waals surface area contributed by atoms with Crippen LogP contribution in [0.15, 0.2) is 0 Å². The molecule has 0 aromatic rings. The second-order valence-electron chi connectivity index (χ2n) is 3.51. The van der Waals surface area contributed by atoms with Crippen LogP contribution in [0.1, 0.15) is 40.5 Å². The van der Waals surface area contributed by atoms with E-state index in [9.17, 15) is 9.59 Å². The summed E-state index contributed by atoms with van der Waals surface area (Å²) in [7, 11) is 0. The van der Waals surface area contributed by atoms with E-state index in [1.807, 2.05) is 27.2 Å². The van der Waals surface area contributed by atoms with Crippen LogP contribution in [0.3, 0.4) is 0 Å². The van der Waals surface area contributed by atoms with Gasteiger partial charge in [0.25, 0.3) is 0 Å². The molecule has 0 bridgehead atoms. The summed E-state index contributed by atoms with van der Waals surface area (Å²) >= 11 is 0. The van der Waals surface area contributed by atoms with Crippen molar-refractivity contribution in [3.8, 4) is 0 Å². The Balaban J connectivity index is 0. The third-order valence-electron chi connectivity index (χ3n) is 2.19. The minimum atomic E-state index is -0.418. The van der Waals surface area contributed by atoms with Gasteiger partial charge in [0, 0.05) is 0 Å². The molecule has 0 N–H and O–H groups in total. The number of rotatable bonds is 6. The molecule has 0 aromatic carbocycles. The van der Waals surface area contributed by atoms with Gasteiger partial charge in [0.15, 0.2) is 0 Å². The maximum atomic E-state index is 11.2. The average molecular weight is 288 g/mol. The van der Waals surface area contributed by atoms with Crippen LogP contribution in [0.25, 0.3) is 0 Å². The molecular formula is C11H19O3Y+2. The van der Waals surface area contributed by atoms with E-state index in [4.69, 9.17) is 4.74 Å². The fourth-order valence-corrected chi connectivity index (χ4v) is 1.19. The normalized spacial score (nSPS) is 13.6. The number of hydrogen-bond donors (Lipinski definition) is 0. The van der Waals surface area contributed by atoms with Gasteiger partial charge in [0.2, 0.25) is 0 Å². The number of esters is 1. The largest absolute Gasteiger partial charge is 3.00 e. The van der Waals surface area contributed by atoms with E-state index in [2.05, 4.69) is 0 Å². The fraction of sp³-hybridized carbons (Fsp3) is 0.727. The topological polar surface area (TPSA) is 43.4 Å². The Morgan fingerprint density at radius 2 is 1.93 bits per heavy atom. The van der Waals surface area contributed by atoms with E-state index in [1.165, 1.54) is 6.92 Å². The second kappa shape index (κ2) is 9.47. The molecule has 0 amide bonds. The van der Waals surface area contributed by atoms with Crippen LogP contribution in [0.2, 0.25) is 0 Å². The zero-order chi connectivity index (χ0) is 11.1. The summed E-state index contributed by atoms with van der Waals surface area (Å²) < 4.78 is 5.17. The van der Waals surface area contributed by atoms with Gasteiger partial charge < -0.3 is 11.2 Å². The third-order valence-corrected chi connectivity index (χ3v) is 2.19. The minimum Gasteiger partial charge on any atom is -0.465 e. The smallest absolute Gasteiger partial charge is 0.465 e. The van der Waals surface area contributed by atoms with Crippen molar-refractivity contribution in [3.05, 3.63) is 6.42 Å². The summed E-state index contributed by atoms with van der Waals surface area (Å²) in [5, 5.41) is 0. The van der Waals surface area contributed by atoms with Crippen LogP contribution in [0.5, 0.6) is 0 Å². The molecule has 2 unspecified atom stereocenters. The summed E-state index contributed by atoms with van der Waals surface area (Å²) in [6, 6.07) is 0. The predicted molar refractivity (Wildman–Crippen MR) is 54.6 cm³/mol. The molecule has 0 aliphatic heterocycles. The molecule has 82 valence electrons. The average Bonchev–Trinajstić information content (AvgIpc) is 2.11. The van der Waals surface area contributed by atoms with Gasteiger partial charge >= 0.3 is 38.7 Å². The summed E-state index contributed by atoms with van der Waals surface area (Å²) in [5.41, 5.74) is 0. The van der Waals surface area contributed by atoms with Gasteiger partial charge in [0.05, 0.1) is 6.10 Å². The van der Waals surface area contributed by atoms with E-state index in [0.29, 0.717) is 0 Å². The molecule has 0 spiro atoms. The molecule has 4 heteroatoms. The van der Waals surface area contributed by atoms with Crippen molar-refractivity contribution in [2.24, 2.45) is 5.92 Å². The van der Waals surface area contributed by atoms with E-state index in [-0.39, 0.29) is 56.9 Å². The summed E-state index contributed by atoms with van der Waals surface area (Å²) in [6.45, 7) is 7.28. The second-order valence-corrected chi connectivity index (χ2v) is 3.51. The molecule has 0 rings (SSSR count). The van der Waals surface area contributed by atoms with Gasteiger partial charge in [-0.2, -0.15) is 6.92 Å². The van der Waals surface area contributed by atoms with Gasteiger partial charge in [0.1, 0.15) is 12.2 Å². The van der Waals surface area contributed by atoms with E-state index in [1.54, 1.807) is 0 Å². The SMILES string of the molecule is C[CH-]C(C)C(CC)OC(=O)CC(C)=O.[Y+3]. The van der Waals surface area contributed by atoms with E-state index < -0.39 is 5.97 Å². The zero-order valence-electron chi connectivity index (χ0n) is 9.95. The van der Waals surface area contributed by atoms with E-state index in [0.717, 1.165) is 6.42 Å². The van der Waals surface area contributed by atoms with Crippen molar-refractivity contribution in [1.29, 1.82) is 0 Å². The van der Waals surface area contributed by atoms with E-state index >= 15 is 0 Å². The standard InChI is InChI=1S/C11H19O3.Y/c1-5-8(3)10(6-2)14-11(13)7-9(4)12;/h5,8,10H,6-7H2,1-4H3;/q-1;+3. The number of hydrogen-bond acceptors (Lipinski definition) is 3. The molecule has 2 atom stereocenters. The first-order valence-corrected chi connectivity index (χ1v) is 4.99. The Hall–Kier alpha value is 0.244. The van der Waals surface area contributed by atoms with Gasteiger partial charge in [-0.25, -0.2) is 0 Å². The van der Waals surface area contributed by atoms with Gasteiger partial charge in [-0.15, -0.1) is 5.92 Å². The summed E-state index contributed by atoms with van der Waals surface area (Å²) in [6.07, 6.45) is 2.55. The molecule has 0 heterocycles. The molecule has 0 fully saturated rings. The van der Waals surface area contributed by atoms with Crippen molar-refractivity contribution >= 4 is 11.8 Å². The number of carbonyl (C=O) groups excluding carboxylic acids is 2. The maximum absolute atomic E-state index is 11.2. The fourth-order valence-electron chi connectivity index (χ4n) is 1.19. The quantitative estimate of drug-likeness (QED) is 0.427. The molecule has 0 saturated carbocycles. The summed E-state index contributed by atoms with van der Waals surface area (Å²) in [5.74, 6) is -0.341. The Morgan fingerprint density at radius 1 is 1.40 bits per heavy atom. The molecule has 15 heavy (non-hydrogen) atoms. The summed E-state index contributed by atoms with van der Waals surface area (Å²) in [4.78, 5) is 21.8. The van der Waals surface area contributed by atoms with Crippen molar-refractivity contribution in [3.63, 3.8) is 0 Å². The minimum absolute atomic E-state index is 0.